The molecule has 0 bridgehead atoms. The molecule has 0 saturated carbocycles. The minimum absolute atomic E-state index is 0.121. The van der Waals surface area contributed by atoms with Crippen molar-refractivity contribution in [3.05, 3.63) is 101 Å². The molecule has 3 aromatic carbocycles. The van der Waals surface area contributed by atoms with Crippen LogP contribution in [0.1, 0.15) is 21.5 Å². The summed E-state index contributed by atoms with van der Waals surface area (Å²) in [7, 11) is 0. The molecule has 1 N–H and O–H groups in total. The number of hydrogen-bond donors (Lipinski definition) is 1. The summed E-state index contributed by atoms with van der Waals surface area (Å²) in [6.45, 7) is 0. The molecule has 0 amide bonds. The molecule has 0 radical (unpaired) electrons. The van der Waals surface area contributed by atoms with E-state index in [1.54, 1.807) is 36.4 Å². The van der Waals surface area contributed by atoms with Crippen LogP contribution in [0.4, 0.5) is 0 Å². The highest BCUT2D eigenvalue weighted by Crippen LogP contribution is 2.30. The molecule has 3 aromatic rings. The number of fused-ring (bicyclic) bond motifs is 1. The molecule has 0 aliphatic heterocycles. The van der Waals surface area contributed by atoms with E-state index in [4.69, 9.17) is 4.74 Å². The van der Waals surface area contributed by atoms with Crippen molar-refractivity contribution in [2.75, 3.05) is 0 Å². The fourth-order valence-corrected chi connectivity index (χ4v) is 3.09. The third-order valence-electron chi connectivity index (χ3n) is 4.48. The molecular formula is C23H16O4. The zero-order valence-electron chi connectivity index (χ0n) is 14.4. The van der Waals surface area contributed by atoms with Gasteiger partial charge in [-0.2, -0.15) is 0 Å². The van der Waals surface area contributed by atoms with Gasteiger partial charge in [0.2, 0.25) is 11.6 Å². The monoisotopic (exact) mass is 356 g/mol. The lowest BCUT2D eigenvalue weighted by atomic mass is 9.86. The second-order valence-electron chi connectivity index (χ2n) is 6.27. The van der Waals surface area contributed by atoms with Gasteiger partial charge in [-0.3, -0.25) is 9.59 Å². The fourth-order valence-electron chi connectivity index (χ4n) is 3.09. The molecule has 4 heteroatoms. The minimum Gasteiger partial charge on any atom is -0.507 e. The summed E-state index contributed by atoms with van der Waals surface area (Å²) in [5.41, 5.74) is 1.57. The number of Topliss-reactive ketones (excluding diaryl/α,β-unsaturated/α-hetero) is 2. The summed E-state index contributed by atoms with van der Waals surface area (Å²) in [5.74, 6) is 0.0351. The van der Waals surface area contributed by atoms with Crippen molar-refractivity contribution >= 4 is 17.3 Å². The van der Waals surface area contributed by atoms with E-state index in [-0.39, 0.29) is 23.3 Å². The summed E-state index contributed by atoms with van der Waals surface area (Å²) >= 11 is 0. The Morgan fingerprint density at radius 3 is 1.96 bits per heavy atom. The second kappa shape index (κ2) is 6.92. The van der Waals surface area contributed by atoms with Crippen molar-refractivity contribution < 1.29 is 19.4 Å². The third kappa shape index (κ3) is 3.25. The van der Waals surface area contributed by atoms with Crippen LogP contribution in [0.2, 0.25) is 0 Å². The molecule has 27 heavy (non-hydrogen) atoms. The van der Waals surface area contributed by atoms with Crippen molar-refractivity contribution in [2.24, 2.45) is 0 Å². The predicted molar refractivity (Wildman–Crippen MR) is 102 cm³/mol. The largest absolute Gasteiger partial charge is 0.507 e. The van der Waals surface area contributed by atoms with Gasteiger partial charge in [-0.1, -0.05) is 54.6 Å². The van der Waals surface area contributed by atoms with Crippen LogP contribution in [-0.4, -0.2) is 16.7 Å². The molecule has 132 valence electrons. The highest BCUT2D eigenvalue weighted by atomic mass is 16.5. The number of ketones is 2. The number of hydrogen-bond acceptors (Lipinski definition) is 4. The summed E-state index contributed by atoms with van der Waals surface area (Å²) in [4.78, 5) is 24.7. The Morgan fingerprint density at radius 2 is 1.26 bits per heavy atom. The molecule has 0 fully saturated rings. The van der Waals surface area contributed by atoms with E-state index in [0.717, 1.165) is 11.3 Å². The standard InChI is InChI=1S/C23H16O4/c24-21-18-8-4-5-9-19(18)22(25)23(26)20(21)14-15-10-12-17(13-11-15)27-16-6-2-1-3-7-16/h1-13,24H,14H2. The third-order valence-corrected chi connectivity index (χ3v) is 4.48. The number of para-hydroxylation sites is 1. The molecular weight excluding hydrogens is 340 g/mol. The first kappa shape index (κ1) is 16.8. The maximum Gasteiger partial charge on any atom is 0.234 e. The summed E-state index contributed by atoms with van der Waals surface area (Å²) in [6, 6.07) is 23.2. The summed E-state index contributed by atoms with van der Waals surface area (Å²) in [5, 5.41) is 10.5. The van der Waals surface area contributed by atoms with Gasteiger partial charge in [0, 0.05) is 17.5 Å². The van der Waals surface area contributed by atoms with Crippen molar-refractivity contribution in [3.63, 3.8) is 0 Å². The van der Waals surface area contributed by atoms with Crippen LogP contribution in [0.15, 0.2) is 84.4 Å². The van der Waals surface area contributed by atoms with E-state index in [9.17, 15) is 14.7 Å². The Balaban J connectivity index is 1.58. The van der Waals surface area contributed by atoms with Crippen LogP contribution in [0, 0.1) is 0 Å². The Labute approximate surface area is 156 Å². The molecule has 0 saturated heterocycles. The van der Waals surface area contributed by atoms with E-state index in [1.165, 1.54) is 0 Å². The molecule has 1 aliphatic carbocycles. The number of carbonyl (C=O) groups excluding carboxylic acids is 2. The van der Waals surface area contributed by atoms with Crippen LogP contribution >= 0.6 is 0 Å². The average Bonchev–Trinajstić information content (AvgIpc) is 2.71. The van der Waals surface area contributed by atoms with E-state index in [1.807, 2.05) is 42.5 Å². The molecule has 1 aliphatic rings. The number of allylic oxidation sites excluding steroid dienone is 1. The SMILES string of the molecule is O=C1C(=O)c2ccccc2C(O)=C1Cc1ccc(Oc2ccccc2)cc1. The molecule has 0 unspecified atom stereocenters. The topological polar surface area (TPSA) is 63.6 Å². The number of benzene rings is 3. The molecule has 0 heterocycles. The first-order valence-corrected chi connectivity index (χ1v) is 8.56. The van der Waals surface area contributed by atoms with Gasteiger partial charge in [-0.25, -0.2) is 0 Å². The van der Waals surface area contributed by atoms with Crippen molar-refractivity contribution in [3.8, 4) is 11.5 Å². The van der Waals surface area contributed by atoms with E-state index < -0.39 is 11.6 Å². The predicted octanol–water partition coefficient (Wildman–Crippen LogP) is 4.76. The minimum atomic E-state index is -0.657. The van der Waals surface area contributed by atoms with Gasteiger partial charge in [0.25, 0.3) is 0 Å². The van der Waals surface area contributed by atoms with Gasteiger partial charge in [0.15, 0.2) is 0 Å². The number of aliphatic hydroxyl groups excluding tert-OH is 1. The number of carbonyl (C=O) groups is 2. The van der Waals surface area contributed by atoms with Gasteiger partial charge >= 0.3 is 0 Å². The Hall–Kier alpha value is -3.66. The van der Waals surface area contributed by atoms with Gasteiger partial charge in [0.1, 0.15) is 17.3 Å². The van der Waals surface area contributed by atoms with Gasteiger partial charge in [0.05, 0.1) is 5.57 Å². The van der Waals surface area contributed by atoms with E-state index >= 15 is 0 Å². The molecule has 4 nitrogen and oxygen atoms in total. The average molecular weight is 356 g/mol. The molecule has 0 aromatic heterocycles. The van der Waals surface area contributed by atoms with Crippen molar-refractivity contribution in [1.82, 2.24) is 0 Å². The zero-order valence-corrected chi connectivity index (χ0v) is 14.4. The van der Waals surface area contributed by atoms with E-state index in [0.29, 0.717) is 11.3 Å². The van der Waals surface area contributed by atoms with Crippen LogP contribution in [0.5, 0.6) is 11.5 Å². The lowest BCUT2D eigenvalue weighted by molar-refractivity contribution is -0.112. The second-order valence-corrected chi connectivity index (χ2v) is 6.27. The molecule has 0 atom stereocenters. The Kier molecular flexibility index (Phi) is 4.30. The quantitative estimate of drug-likeness (QED) is 0.685. The maximum absolute atomic E-state index is 12.4. The Morgan fingerprint density at radius 1 is 0.667 bits per heavy atom. The van der Waals surface area contributed by atoms with Crippen molar-refractivity contribution in [1.29, 1.82) is 0 Å². The van der Waals surface area contributed by atoms with Gasteiger partial charge in [-0.05, 0) is 29.8 Å². The van der Waals surface area contributed by atoms with Gasteiger partial charge < -0.3 is 9.84 Å². The lowest BCUT2D eigenvalue weighted by Gasteiger charge is -2.17. The van der Waals surface area contributed by atoms with Gasteiger partial charge in [-0.15, -0.1) is 0 Å². The normalized spacial score (nSPS) is 13.5. The fraction of sp³-hybridized carbons (Fsp3) is 0.0435. The summed E-state index contributed by atoms with van der Waals surface area (Å²) in [6.07, 6.45) is 0.177. The number of aliphatic hydroxyl groups is 1. The highest BCUT2D eigenvalue weighted by molar-refractivity contribution is 6.52. The Bertz CT molecular complexity index is 1050. The van der Waals surface area contributed by atoms with Crippen LogP contribution in [0.3, 0.4) is 0 Å². The summed E-state index contributed by atoms with van der Waals surface area (Å²) < 4.78 is 5.75. The zero-order chi connectivity index (χ0) is 18.8. The first-order chi connectivity index (χ1) is 13.1. The van der Waals surface area contributed by atoms with Crippen LogP contribution in [0.25, 0.3) is 5.76 Å². The maximum atomic E-state index is 12.4. The molecule has 4 rings (SSSR count). The number of ether oxygens (including phenoxy) is 1. The first-order valence-electron chi connectivity index (χ1n) is 8.56. The smallest absolute Gasteiger partial charge is 0.234 e. The van der Waals surface area contributed by atoms with E-state index in [2.05, 4.69) is 0 Å². The number of rotatable bonds is 4. The molecule has 0 spiro atoms. The van der Waals surface area contributed by atoms with Crippen LogP contribution < -0.4 is 4.74 Å². The van der Waals surface area contributed by atoms with Crippen molar-refractivity contribution in [2.45, 2.75) is 6.42 Å². The lowest BCUT2D eigenvalue weighted by Crippen LogP contribution is -2.25. The van der Waals surface area contributed by atoms with Crippen LogP contribution in [-0.2, 0) is 11.2 Å². The highest BCUT2D eigenvalue weighted by Gasteiger charge is 2.32.